The van der Waals surface area contributed by atoms with Crippen LogP contribution in [0.5, 0.6) is 6.01 Å². The summed E-state index contributed by atoms with van der Waals surface area (Å²) >= 11 is 2.18. The third kappa shape index (κ3) is 3.06. The second-order valence-corrected chi connectivity index (χ2v) is 4.72. The summed E-state index contributed by atoms with van der Waals surface area (Å²) in [6.07, 6.45) is 4.55. The number of aromatic nitrogens is 5. The quantitative estimate of drug-likeness (QED) is 0.815. The second kappa shape index (κ2) is 5.94. The SMILES string of the molecule is CCCNc1nc(OC)nc(-n2cc(I)cn2)n1. The van der Waals surface area contributed by atoms with Crippen molar-refractivity contribution in [1.82, 2.24) is 24.7 Å². The van der Waals surface area contributed by atoms with Gasteiger partial charge in [-0.25, -0.2) is 4.68 Å². The van der Waals surface area contributed by atoms with Crippen LogP contribution in [0.3, 0.4) is 0 Å². The van der Waals surface area contributed by atoms with Crippen LogP contribution in [0.1, 0.15) is 13.3 Å². The maximum absolute atomic E-state index is 5.06. The zero-order valence-electron chi connectivity index (χ0n) is 10.1. The molecule has 0 saturated heterocycles. The zero-order valence-corrected chi connectivity index (χ0v) is 12.2. The molecule has 2 heterocycles. The van der Waals surface area contributed by atoms with Crippen LogP contribution in [0.25, 0.3) is 5.95 Å². The highest BCUT2D eigenvalue weighted by Crippen LogP contribution is 2.11. The van der Waals surface area contributed by atoms with Crippen LogP contribution >= 0.6 is 22.6 Å². The number of anilines is 1. The fourth-order valence-corrected chi connectivity index (χ4v) is 1.65. The molecule has 0 atom stereocenters. The van der Waals surface area contributed by atoms with Gasteiger partial charge < -0.3 is 10.1 Å². The normalized spacial score (nSPS) is 10.4. The molecule has 0 saturated carbocycles. The molecule has 0 amide bonds. The minimum absolute atomic E-state index is 0.268. The summed E-state index contributed by atoms with van der Waals surface area (Å²) in [6.45, 7) is 2.87. The van der Waals surface area contributed by atoms with E-state index in [1.54, 1.807) is 10.9 Å². The molecular weight excluding hydrogens is 347 g/mol. The van der Waals surface area contributed by atoms with E-state index in [0.717, 1.165) is 16.5 Å². The van der Waals surface area contributed by atoms with Crippen LogP contribution < -0.4 is 10.1 Å². The van der Waals surface area contributed by atoms with Crippen LogP contribution in [0, 0.1) is 3.57 Å². The van der Waals surface area contributed by atoms with Crippen molar-refractivity contribution in [2.75, 3.05) is 19.0 Å². The van der Waals surface area contributed by atoms with E-state index in [2.05, 4.69) is 54.9 Å². The number of ether oxygens (including phenoxy) is 1. The minimum Gasteiger partial charge on any atom is -0.467 e. The van der Waals surface area contributed by atoms with Crippen molar-refractivity contribution >= 4 is 28.5 Å². The lowest BCUT2D eigenvalue weighted by atomic mass is 10.5. The molecule has 96 valence electrons. The minimum atomic E-state index is 0.268. The Bertz CT molecular complexity index is 529. The van der Waals surface area contributed by atoms with E-state index in [9.17, 15) is 0 Å². The number of methoxy groups -OCH3 is 1. The zero-order chi connectivity index (χ0) is 13.0. The first-order valence-corrected chi connectivity index (χ1v) is 6.55. The highest BCUT2D eigenvalue weighted by Gasteiger charge is 2.09. The van der Waals surface area contributed by atoms with Crippen molar-refractivity contribution in [3.63, 3.8) is 0 Å². The van der Waals surface area contributed by atoms with E-state index in [4.69, 9.17) is 4.74 Å². The van der Waals surface area contributed by atoms with Crippen molar-refractivity contribution in [3.8, 4) is 12.0 Å². The van der Waals surface area contributed by atoms with Gasteiger partial charge in [-0.15, -0.1) is 0 Å². The van der Waals surface area contributed by atoms with Crippen LogP contribution in [0.15, 0.2) is 12.4 Å². The number of nitrogens with one attached hydrogen (secondary N) is 1. The molecule has 1 N–H and O–H groups in total. The first-order valence-electron chi connectivity index (χ1n) is 5.47. The van der Waals surface area contributed by atoms with Gasteiger partial charge in [0.25, 0.3) is 5.95 Å². The lowest BCUT2D eigenvalue weighted by Crippen LogP contribution is -2.10. The van der Waals surface area contributed by atoms with E-state index < -0.39 is 0 Å². The summed E-state index contributed by atoms with van der Waals surface area (Å²) in [7, 11) is 1.52. The van der Waals surface area contributed by atoms with Gasteiger partial charge in [0, 0.05) is 12.7 Å². The highest BCUT2D eigenvalue weighted by atomic mass is 127. The fraction of sp³-hybridized carbons (Fsp3) is 0.400. The van der Waals surface area contributed by atoms with Gasteiger partial charge in [-0.1, -0.05) is 6.92 Å². The Morgan fingerprint density at radius 2 is 2.22 bits per heavy atom. The Hall–Kier alpha value is -1.45. The van der Waals surface area contributed by atoms with E-state index in [-0.39, 0.29) is 6.01 Å². The van der Waals surface area contributed by atoms with Gasteiger partial charge in [0.05, 0.1) is 16.9 Å². The maximum atomic E-state index is 5.06. The lowest BCUT2D eigenvalue weighted by Gasteiger charge is -2.06. The molecule has 0 radical (unpaired) electrons. The first kappa shape index (κ1) is 13.0. The number of nitrogens with zero attached hydrogens (tertiary/aromatic N) is 5. The molecule has 0 unspecified atom stereocenters. The van der Waals surface area contributed by atoms with Gasteiger partial charge in [-0.2, -0.15) is 20.1 Å². The average molecular weight is 360 g/mol. The number of hydrogen-bond donors (Lipinski definition) is 1. The summed E-state index contributed by atoms with van der Waals surface area (Å²) in [4.78, 5) is 12.6. The number of hydrogen-bond acceptors (Lipinski definition) is 6. The van der Waals surface area contributed by atoms with Crippen molar-refractivity contribution in [1.29, 1.82) is 0 Å². The highest BCUT2D eigenvalue weighted by molar-refractivity contribution is 14.1. The molecule has 2 aromatic heterocycles. The molecule has 8 heteroatoms. The van der Waals surface area contributed by atoms with Gasteiger partial charge in [-0.3, -0.25) is 0 Å². The molecule has 0 aromatic carbocycles. The first-order chi connectivity index (χ1) is 8.72. The Labute approximate surface area is 118 Å². The Kier molecular flexibility index (Phi) is 4.28. The number of halogens is 1. The van der Waals surface area contributed by atoms with E-state index in [0.29, 0.717) is 11.9 Å². The molecule has 2 aromatic rings. The molecule has 0 bridgehead atoms. The van der Waals surface area contributed by atoms with Gasteiger partial charge in [-0.05, 0) is 29.0 Å². The summed E-state index contributed by atoms with van der Waals surface area (Å²) in [6, 6.07) is 0.268. The molecule has 7 nitrogen and oxygen atoms in total. The van der Waals surface area contributed by atoms with Crippen molar-refractivity contribution in [2.24, 2.45) is 0 Å². The largest absolute Gasteiger partial charge is 0.467 e. The fourth-order valence-electron chi connectivity index (χ4n) is 1.27. The van der Waals surface area contributed by atoms with Crippen LogP contribution in [0.4, 0.5) is 5.95 Å². The van der Waals surface area contributed by atoms with Gasteiger partial charge in [0.1, 0.15) is 0 Å². The molecule has 0 aliphatic carbocycles. The topological polar surface area (TPSA) is 77.8 Å². The van der Waals surface area contributed by atoms with Crippen molar-refractivity contribution < 1.29 is 4.74 Å². The molecule has 2 rings (SSSR count). The molecule has 0 fully saturated rings. The van der Waals surface area contributed by atoms with Gasteiger partial charge in [0.2, 0.25) is 5.95 Å². The van der Waals surface area contributed by atoms with Gasteiger partial charge in [0.15, 0.2) is 0 Å². The van der Waals surface area contributed by atoms with Crippen LogP contribution in [-0.4, -0.2) is 38.4 Å². The molecular formula is C10H13IN6O. The van der Waals surface area contributed by atoms with Crippen LogP contribution in [-0.2, 0) is 0 Å². The van der Waals surface area contributed by atoms with Crippen molar-refractivity contribution in [3.05, 3.63) is 16.0 Å². The number of rotatable bonds is 5. The van der Waals surface area contributed by atoms with Gasteiger partial charge >= 0.3 is 6.01 Å². The smallest absolute Gasteiger partial charge is 0.322 e. The second-order valence-electron chi connectivity index (χ2n) is 3.48. The Morgan fingerprint density at radius 1 is 1.39 bits per heavy atom. The van der Waals surface area contributed by atoms with Crippen LogP contribution in [0.2, 0.25) is 0 Å². The lowest BCUT2D eigenvalue weighted by molar-refractivity contribution is 0.377. The van der Waals surface area contributed by atoms with E-state index >= 15 is 0 Å². The predicted molar refractivity (Wildman–Crippen MR) is 75.0 cm³/mol. The summed E-state index contributed by atoms with van der Waals surface area (Å²) in [5, 5.41) is 7.26. The molecule has 0 aliphatic rings. The summed E-state index contributed by atoms with van der Waals surface area (Å²) in [5.41, 5.74) is 0. The van der Waals surface area contributed by atoms with Crippen molar-refractivity contribution in [2.45, 2.75) is 13.3 Å². The summed E-state index contributed by atoms with van der Waals surface area (Å²) in [5.74, 6) is 0.924. The van der Waals surface area contributed by atoms with E-state index in [1.165, 1.54) is 7.11 Å². The maximum Gasteiger partial charge on any atom is 0.322 e. The monoisotopic (exact) mass is 360 g/mol. The third-order valence-electron chi connectivity index (χ3n) is 2.07. The third-order valence-corrected chi connectivity index (χ3v) is 2.63. The molecule has 0 aliphatic heterocycles. The summed E-state index contributed by atoms with van der Waals surface area (Å²) < 4.78 is 7.65. The predicted octanol–water partition coefficient (Wildman–Crippen LogP) is 1.49. The standard InChI is InChI=1S/C10H13IN6O/c1-3-4-12-8-14-9(16-10(15-8)18-2)17-6-7(11)5-13-17/h5-6H,3-4H2,1-2H3,(H,12,14,15,16). The Morgan fingerprint density at radius 3 is 2.83 bits per heavy atom. The van der Waals surface area contributed by atoms with E-state index in [1.807, 2.05) is 6.20 Å². The Balaban J connectivity index is 2.34. The molecule has 18 heavy (non-hydrogen) atoms. The average Bonchev–Trinajstić information content (AvgIpc) is 2.82. The molecule has 0 spiro atoms.